The van der Waals surface area contributed by atoms with Gasteiger partial charge in [0.2, 0.25) is 11.8 Å². The van der Waals surface area contributed by atoms with Gasteiger partial charge in [-0.25, -0.2) is 0 Å². The molecule has 3 N–H and O–H groups in total. The number of nitrogens with one attached hydrogen (secondary N) is 1. The summed E-state index contributed by atoms with van der Waals surface area (Å²) < 4.78 is 0. The Morgan fingerprint density at radius 3 is 2.32 bits per heavy atom. The van der Waals surface area contributed by atoms with Crippen LogP contribution in [0.3, 0.4) is 0 Å². The van der Waals surface area contributed by atoms with Gasteiger partial charge in [-0.05, 0) is 43.7 Å². The van der Waals surface area contributed by atoms with Gasteiger partial charge >= 0.3 is 0 Å². The molecule has 2 aliphatic rings. The lowest BCUT2D eigenvalue weighted by molar-refractivity contribution is -0.136. The standard InChI is InChI=1S/C24H36N4O3/c1-16-5-7-17(8-6-16)23(31)27-15-19(13-20(27)22(30)26-12-11-25)28(18-9-10-18)21(29)14-24(2,3)4/h5-8,18-20H,9-15,25H2,1-4H3,(H,26,30). The Kier molecular flexibility index (Phi) is 7.04. The van der Waals surface area contributed by atoms with E-state index in [1.807, 2.05) is 24.0 Å². The van der Waals surface area contributed by atoms with E-state index in [2.05, 4.69) is 26.1 Å². The Balaban J connectivity index is 1.84. The van der Waals surface area contributed by atoms with Gasteiger partial charge in [0, 0.05) is 37.7 Å². The van der Waals surface area contributed by atoms with Gasteiger partial charge in [0.15, 0.2) is 0 Å². The molecule has 170 valence electrons. The lowest BCUT2D eigenvalue weighted by atomic mass is 9.91. The fourth-order valence-corrected chi connectivity index (χ4v) is 4.27. The molecule has 0 aromatic heterocycles. The summed E-state index contributed by atoms with van der Waals surface area (Å²) in [4.78, 5) is 43.0. The summed E-state index contributed by atoms with van der Waals surface area (Å²) in [6.07, 6.45) is 2.89. The van der Waals surface area contributed by atoms with Crippen LogP contribution in [0.15, 0.2) is 24.3 Å². The van der Waals surface area contributed by atoms with Crippen molar-refractivity contribution in [1.82, 2.24) is 15.1 Å². The number of aryl methyl sites for hydroxylation is 1. The third kappa shape index (κ3) is 5.85. The molecule has 1 aliphatic carbocycles. The van der Waals surface area contributed by atoms with Crippen molar-refractivity contribution in [2.45, 2.75) is 71.5 Å². The fraction of sp³-hybridized carbons (Fsp3) is 0.625. The zero-order valence-corrected chi connectivity index (χ0v) is 19.2. The molecule has 2 unspecified atom stereocenters. The lowest BCUT2D eigenvalue weighted by Gasteiger charge is -2.31. The molecular weight excluding hydrogens is 392 g/mol. The van der Waals surface area contributed by atoms with Crippen LogP contribution >= 0.6 is 0 Å². The first-order valence-corrected chi connectivity index (χ1v) is 11.3. The molecular formula is C24H36N4O3. The number of carbonyl (C=O) groups excluding carboxylic acids is 3. The van der Waals surface area contributed by atoms with Crippen LogP contribution in [0.25, 0.3) is 0 Å². The molecule has 1 saturated heterocycles. The lowest BCUT2D eigenvalue weighted by Crippen LogP contribution is -2.47. The van der Waals surface area contributed by atoms with Crippen molar-refractivity contribution in [3.05, 3.63) is 35.4 Å². The molecule has 1 saturated carbocycles. The SMILES string of the molecule is Cc1ccc(C(=O)N2CC(N(C(=O)CC(C)(C)C)C3CC3)CC2C(=O)NCCN)cc1. The van der Waals surface area contributed by atoms with Crippen molar-refractivity contribution < 1.29 is 14.4 Å². The Labute approximate surface area is 185 Å². The monoisotopic (exact) mass is 428 g/mol. The number of nitrogens with zero attached hydrogens (tertiary/aromatic N) is 2. The number of hydrogen-bond acceptors (Lipinski definition) is 4. The molecule has 0 spiro atoms. The van der Waals surface area contributed by atoms with Crippen LogP contribution < -0.4 is 11.1 Å². The second-order valence-electron chi connectivity index (χ2n) is 10.1. The van der Waals surface area contributed by atoms with Gasteiger partial charge in [-0.3, -0.25) is 14.4 Å². The van der Waals surface area contributed by atoms with Crippen molar-refractivity contribution in [3.8, 4) is 0 Å². The van der Waals surface area contributed by atoms with E-state index < -0.39 is 6.04 Å². The first kappa shape index (κ1) is 23.3. The van der Waals surface area contributed by atoms with Crippen molar-refractivity contribution in [1.29, 1.82) is 0 Å². The second-order valence-corrected chi connectivity index (χ2v) is 10.1. The molecule has 0 radical (unpaired) electrons. The Morgan fingerprint density at radius 1 is 1.13 bits per heavy atom. The molecule has 7 nitrogen and oxygen atoms in total. The first-order chi connectivity index (χ1) is 14.6. The summed E-state index contributed by atoms with van der Waals surface area (Å²) in [7, 11) is 0. The van der Waals surface area contributed by atoms with E-state index in [4.69, 9.17) is 5.73 Å². The van der Waals surface area contributed by atoms with Crippen molar-refractivity contribution in [3.63, 3.8) is 0 Å². The molecule has 1 heterocycles. The van der Waals surface area contributed by atoms with Crippen molar-refractivity contribution in [2.75, 3.05) is 19.6 Å². The van der Waals surface area contributed by atoms with Gasteiger partial charge in [0.1, 0.15) is 6.04 Å². The summed E-state index contributed by atoms with van der Waals surface area (Å²) >= 11 is 0. The normalized spacial score (nSPS) is 21.1. The van der Waals surface area contributed by atoms with E-state index in [1.54, 1.807) is 17.0 Å². The molecule has 3 rings (SSSR count). The number of nitrogens with two attached hydrogens (primary N) is 1. The molecule has 7 heteroatoms. The predicted octanol–water partition coefficient (Wildman–Crippen LogP) is 2.08. The van der Waals surface area contributed by atoms with Gasteiger partial charge in [0.25, 0.3) is 5.91 Å². The highest BCUT2D eigenvalue weighted by molar-refractivity contribution is 5.98. The second kappa shape index (κ2) is 9.39. The smallest absolute Gasteiger partial charge is 0.254 e. The van der Waals surface area contributed by atoms with Gasteiger partial charge < -0.3 is 20.9 Å². The van der Waals surface area contributed by atoms with Crippen molar-refractivity contribution >= 4 is 17.7 Å². The number of carbonyl (C=O) groups is 3. The third-order valence-electron chi connectivity index (χ3n) is 5.89. The van der Waals surface area contributed by atoms with E-state index in [1.165, 1.54) is 0 Å². The summed E-state index contributed by atoms with van der Waals surface area (Å²) in [6.45, 7) is 9.22. The maximum atomic E-state index is 13.3. The quantitative estimate of drug-likeness (QED) is 0.695. The zero-order valence-electron chi connectivity index (χ0n) is 19.2. The predicted molar refractivity (Wildman–Crippen MR) is 120 cm³/mol. The minimum absolute atomic E-state index is 0.113. The van der Waals surface area contributed by atoms with Crippen molar-refractivity contribution in [2.24, 2.45) is 11.1 Å². The molecule has 2 atom stereocenters. The van der Waals surface area contributed by atoms with Crippen LogP contribution in [0.4, 0.5) is 0 Å². The van der Waals surface area contributed by atoms with Crippen LogP contribution in [0.5, 0.6) is 0 Å². The van der Waals surface area contributed by atoms with Gasteiger partial charge in [0.05, 0.1) is 6.04 Å². The molecule has 31 heavy (non-hydrogen) atoms. The zero-order chi connectivity index (χ0) is 22.8. The van der Waals surface area contributed by atoms with Gasteiger partial charge in [-0.2, -0.15) is 0 Å². The largest absolute Gasteiger partial charge is 0.353 e. The van der Waals surface area contributed by atoms with Gasteiger partial charge in [-0.15, -0.1) is 0 Å². The van der Waals surface area contributed by atoms with Crippen LogP contribution in [0, 0.1) is 12.3 Å². The van der Waals surface area contributed by atoms with Gasteiger partial charge in [-0.1, -0.05) is 38.5 Å². The number of amides is 3. The summed E-state index contributed by atoms with van der Waals surface area (Å²) in [6, 6.07) is 6.86. The van der Waals surface area contributed by atoms with E-state index in [0.29, 0.717) is 38.0 Å². The molecule has 2 fully saturated rings. The summed E-state index contributed by atoms with van der Waals surface area (Å²) in [5.41, 5.74) is 7.06. The highest BCUT2D eigenvalue weighted by atomic mass is 16.2. The maximum absolute atomic E-state index is 13.3. The average molecular weight is 429 g/mol. The molecule has 1 aromatic carbocycles. The third-order valence-corrected chi connectivity index (χ3v) is 5.89. The summed E-state index contributed by atoms with van der Waals surface area (Å²) in [5, 5.41) is 2.83. The van der Waals surface area contributed by atoms with E-state index in [9.17, 15) is 14.4 Å². The van der Waals surface area contributed by atoms with Crippen LogP contribution in [0.2, 0.25) is 0 Å². The molecule has 1 aliphatic heterocycles. The first-order valence-electron chi connectivity index (χ1n) is 11.3. The highest BCUT2D eigenvalue weighted by Gasteiger charge is 2.47. The number of hydrogen-bond donors (Lipinski definition) is 2. The van der Waals surface area contributed by atoms with Crippen LogP contribution in [-0.2, 0) is 9.59 Å². The number of likely N-dealkylation sites (tertiary alicyclic amines) is 1. The van der Waals surface area contributed by atoms with Crippen LogP contribution in [-0.4, -0.2) is 65.3 Å². The van der Waals surface area contributed by atoms with E-state index in [-0.39, 0.29) is 35.2 Å². The maximum Gasteiger partial charge on any atom is 0.254 e. The minimum Gasteiger partial charge on any atom is -0.353 e. The fourth-order valence-electron chi connectivity index (χ4n) is 4.27. The average Bonchev–Trinajstić information content (AvgIpc) is 3.42. The molecule has 1 aromatic rings. The number of benzene rings is 1. The number of rotatable bonds is 7. The summed E-state index contributed by atoms with van der Waals surface area (Å²) in [5.74, 6) is -0.257. The van der Waals surface area contributed by atoms with E-state index in [0.717, 1.165) is 18.4 Å². The Bertz CT molecular complexity index is 811. The Morgan fingerprint density at radius 2 is 1.77 bits per heavy atom. The molecule has 0 bridgehead atoms. The van der Waals surface area contributed by atoms with Crippen LogP contribution in [0.1, 0.15) is 62.4 Å². The molecule has 3 amide bonds. The van der Waals surface area contributed by atoms with E-state index >= 15 is 0 Å². The highest BCUT2D eigenvalue weighted by Crippen LogP contribution is 2.36. The minimum atomic E-state index is -0.603. The topological polar surface area (TPSA) is 95.7 Å². The Hall–Kier alpha value is -2.41.